The molecule has 0 atom stereocenters. The van der Waals surface area contributed by atoms with Crippen LogP contribution in [0.15, 0.2) is 0 Å². The van der Waals surface area contributed by atoms with Crippen molar-refractivity contribution in [1.82, 2.24) is 5.32 Å². The van der Waals surface area contributed by atoms with Gasteiger partial charge < -0.3 is 5.32 Å². The molecule has 2 nitrogen and oxygen atoms in total. The molecule has 0 aromatic heterocycles. The number of carbonyl (C=O) groups excluding carboxylic acids is 1. The first-order valence-corrected chi connectivity index (χ1v) is 5.25. The normalized spacial score (nSPS) is 18.5. The van der Waals surface area contributed by atoms with Crippen molar-refractivity contribution in [2.45, 2.75) is 53.0 Å². The molecular formula is C11H21NO. The standard InChI is InChI=1S/C11H21NO/c1-8(2)12-10(13)11(3,4)9-6-5-7-9/h8-9H,5-7H2,1-4H3,(H,12,13). The van der Waals surface area contributed by atoms with E-state index in [9.17, 15) is 4.79 Å². The van der Waals surface area contributed by atoms with Crippen molar-refractivity contribution in [3.05, 3.63) is 0 Å². The van der Waals surface area contributed by atoms with Crippen LogP contribution in [0.4, 0.5) is 0 Å². The first kappa shape index (κ1) is 10.6. The van der Waals surface area contributed by atoms with Gasteiger partial charge in [0.1, 0.15) is 0 Å². The highest BCUT2D eigenvalue weighted by Crippen LogP contribution is 2.41. The molecule has 0 radical (unpaired) electrons. The fourth-order valence-corrected chi connectivity index (χ4v) is 1.76. The summed E-state index contributed by atoms with van der Waals surface area (Å²) in [6.45, 7) is 8.15. The van der Waals surface area contributed by atoms with Crippen LogP contribution >= 0.6 is 0 Å². The van der Waals surface area contributed by atoms with Gasteiger partial charge >= 0.3 is 0 Å². The van der Waals surface area contributed by atoms with E-state index >= 15 is 0 Å². The summed E-state index contributed by atoms with van der Waals surface area (Å²) >= 11 is 0. The predicted octanol–water partition coefficient (Wildman–Crippen LogP) is 2.34. The van der Waals surface area contributed by atoms with Gasteiger partial charge in [-0.2, -0.15) is 0 Å². The third kappa shape index (κ3) is 2.23. The molecule has 1 aliphatic rings. The fraction of sp³-hybridized carbons (Fsp3) is 0.909. The van der Waals surface area contributed by atoms with Crippen molar-refractivity contribution in [3.63, 3.8) is 0 Å². The molecule has 1 amide bonds. The first-order valence-electron chi connectivity index (χ1n) is 5.25. The Hall–Kier alpha value is -0.530. The highest BCUT2D eigenvalue weighted by Gasteiger charge is 2.39. The highest BCUT2D eigenvalue weighted by molar-refractivity contribution is 5.82. The summed E-state index contributed by atoms with van der Waals surface area (Å²) in [5.41, 5.74) is -0.164. The zero-order valence-electron chi connectivity index (χ0n) is 9.18. The third-order valence-electron chi connectivity index (χ3n) is 3.13. The molecule has 0 spiro atoms. The average molecular weight is 183 g/mol. The fourth-order valence-electron chi connectivity index (χ4n) is 1.76. The number of nitrogens with one attached hydrogen (secondary N) is 1. The lowest BCUT2D eigenvalue weighted by atomic mass is 9.67. The molecule has 0 aliphatic heterocycles. The lowest BCUT2D eigenvalue weighted by molar-refractivity contribution is -0.134. The second-order valence-electron chi connectivity index (χ2n) is 4.98. The largest absolute Gasteiger partial charge is 0.353 e. The van der Waals surface area contributed by atoms with Crippen molar-refractivity contribution in [3.8, 4) is 0 Å². The molecule has 0 aromatic rings. The van der Waals surface area contributed by atoms with Gasteiger partial charge in [0.05, 0.1) is 0 Å². The molecule has 76 valence electrons. The molecule has 1 saturated carbocycles. The van der Waals surface area contributed by atoms with Crippen LogP contribution < -0.4 is 5.32 Å². The van der Waals surface area contributed by atoms with E-state index in [1.54, 1.807) is 0 Å². The van der Waals surface area contributed by atoms with Crippen molar-refractivity contribution in [2.24, 2.45) is 11.3 Å². The second-order valence-corrected chi connectivity index (χ2v) is 4.98. The minimum atomic E-state index is -0.164. The van der Waals surface area contributed by atoms with Crippen LogP contribution in [-0.2, 0) is 4.79 Å². The maximum absolute atomic E-state index is 11.8. The zero-order valence-corrected chi connectivity index (χ0v) is 9.18. The Morgan fingerprint density at radius 1 is 1.38 bits per heavy atom. The maximum atomic E-state index is 11.8. The van der Waals surface area contributed by atoms with Gasteiger partial charge in [-0.15, -0.1) is 0 Å². The second kappa shape index (κ2) is 3.69. The van der Waals surface area contributed by atoms with Crippen LogP contribution in [0.1, 0.15) is 47.0 Å². The number of amides is 1. The average Bonchev–Trinajstić information content (AvgIpc) is 1.79. The molecular weight excluding hydrogens is 162 g/mol. The van der Waals surface area contributed by atoms with E-state index in [2.05, 4.69) is 19.2 Å². The van der Waals surface area contributed by atoms with E-state index < -0.39 is 0 Å². The summed E-state index contributed by atoms with van der Waals surface area (Å²) in [6.07, 6.45) is 3.74. The van der Waals surface area contributed by atoms with Crippen molar-refractivity contribution >= 4 is 5.91 Å². The number of hydrogen-bond acceptors (Lipinski definition) is 1. The van der Waals surface area contributed by atoms with Crippen LogP contribution in [0.5, 0.6) is 0 Å². The van der Waals surface area contributed by atoms with Gasteiger partial charge in [0, 0.05) is 11.5 Å². The third-order valence-corrected chi connectivity index (χ3v) is 3.13. The van der Waals surface area contributed by atoms with E-state index in [0.717, 1.165) is 0 Å². The van der Waals surface area contributed by atoms with Gasteiger partial charge in [-0.25, -0.2) is 0 Å². The Morgan fingerprint density at radius 2 is 1.92 bits per heavy atom. The van der Waals surface area contributed by atoms with Crippen LogP contribution in [0.25, 0.3) is 0 Å². The van der Waals surface area contributed by atoms with Gasteiger partial charge in [-0.3, -0.25) is 4.79 Å². The molecule has 0 aromatic carbocycles. The summed E-state index contributed by atoms with van der Waals surface area (Å²) in [5, 5.41) is 2.99. The van der Waals surface area contributed by atoms with Gasteiger partial charge in [0.15, 0.2) is 0 Å². The van der Waals surface area contributed by atoms with Gasteiger partial charge in [0.25, 0.3) is 0 Å². The van der Waals surface area contributed by atoms with Crippen molar-refractivity contribution in [2.75, 3.05) is 0 Å². The van der Waals surface area contributed by atoms with E-state index in [1.165, 1.54) is 19.3 Å². The molecule has 13 heavy (non-hydrogen) atoms. The lowest BCUT2D eigenvalue weighted by Gasteiger charge is -2.39. The Balaban J connectivity index is 2.51. The summed E-state index contributed by atoms with van der Waals surface area (Å²) < 4.78 is 0. The SMILES string of the molecule is CC(C)NC(=O)C(C)(C)C1CCC1. The van der Waals surface area contributed by atoms with Gasteiger partial charge in [0.2, 0.25) is 5.91 Å². The molecule has 1 fully saturated rings. The smallest absolute Gasteiger partial charge is 0.226 e. The molecule has 0 unspecified atom stereocenters. The first-order chi connectivity index (χ1) is 5.94. The Morgan fingerprint density at radius 3 is 2.23 bits per heavy atom. The minimum absolute atomic E-state index is 0.164. The number of hydrogen-bond donors (Lipinski definition) is 1. The topological polar surface area (TPSA) is 29.1 Å². The molecule has 1 N–H and O–H groups in total. The predicted molar refractivity (Wildman–Crippen MR) is 54.4 cm³/mol. The van der Waals surface area contributed by atoms with Crippen molar-refractivity contribution in [1.29, 1.82) is 0 Å². The number of carbonyl (C=O) groups is 1. The van der Waals surface area contributed by atoms with Gasteiger partial charge in [-0.1, -0.05) is 20.3 Å². The molecule has 0 saturated heterocycles. The molecule has 1 rings (SSSR count). The van der Waals surface area contributed by atoms with Crippen LogP contribution in [0, 0.1) is 11.3 Å². The Kier molecular flexibility index (Phi) is 2.99. The molecule has 1 aliphatic carbocycles. The Bertz CT molecular complexity index is 192. The van der Waals surface area contributed by atoms with E-state index in [0.29, 0.717) is 5.92 Å². The summed E-state index contributed by atoms with van der Waals surface area (Å²) in [6, 6.07) is 0.256. The quantitative estimate of drug-likeness (QED) is 0.715. The summed E-state index contributed by atoms with van der Waals surface area (Å²) in [5.74, 6) is 0.818. The van der Waals surface area contributed by atoms with E-state index in [4.69, 9.17) is 0 Å². The Labute approximate surface area is 81.1 Å². The van der Waals surface area contributed by atoms with Crippen LogP contribution in [-0.4, -0.2) is 11.9 Å². The maximum Gasteiger partial charge on any atom is 0.226 e. The molecule has 0 bridgehead atoms. The summed E-state index contributed by atoms with van der Waals surface area (Å²) in [4.78, 5) is 11.8. The lowest BCUT2D eigenvalue weighted by Crippen LogP contribution is -2.46. The van der Waals surface area contributed by atoms with Crippen molar-refractivity contribution < 1.29 is 4.79 Å². The number of rotatable bonds is 3. The van der Waals surface area contributed by atoms with E-state index in [1.807, 2.05) is 13.8 Å². The highest BCUT2D eigenvalue weighted by atomic mass is 16.2. The van der Waals surface area contributed by atoms with Crippen LogP contribution in [0.3, 0.4) is 0 Å². The zero-order chi connectivity index (χ0) is 10.1. The van der Waals surface area contributed by atoms with E-state index in [-0.39, 0.29) is 17.4 Å². The van der Waals surface area contributed by atoms with Gasteiger partial charge in [-0.05, 0) is 32.6 Å². The molecule has 0 heterocycles. The van der Waals surface area contributed by atoms with Crippen LogP contribution in [0.2, 0.25) is 0 Å². The monoisotopic (exact) mass is 183 g/mol. The molecule has 2 heteroatoms. The minimum Gasteiger partial charge on any atom is -0.353 e. The summed E-state index contributed by atoms with van der Waals surface area (Å²) in [7, 11) is 0.